The predicted molar refractivity (Wildman–Crippen MR) is 100 cm³/mol. The van der Waals surface area contributed by atoms with Crippen molar-refractivity contribution in [2.45, 2.75) is 6.92 Å². The molecule has 128 valence electrons. The van der Waals surface area contributed by atoms with Gasteiger partial charge < -0.3 is 10.1 Å². The topological polar surface area (TPSA) is 58.6 Å². The third-order valence-electron chi connectivity index (χ3n) is 3.76. The molecule has 0 bridgehead atoms. The van der Waals surface area contributed by atoms with Crippen LogP contribution in [0, 0.1) is 6.92 Å². The number of methoxy groups -OCH3 is 1. The number of aryl methyl sites for hydroxylation is 1. The summed E-state index contributed by atoms with van der Waals surface area (Å²) in [5.41, 5.74) is 2.83. The fourth-order valence-corrected chi connectivity index (χ4v) is 3.20. The van der Waals surface area contributed by atoms with Crippen LogP contribution in [0.3, 0.4) is 0 Å². The lowest BCUT2D eigenvalue weighted by atomic mass is 10.2. The van der Waals surface area contributed by atoms with Crippen LogP contribution in [0.25, 0.3) is 6.08 Å². The Morgan fingerprint density at radius 1 is 1.16 bits per heavy atom. The lowest BCUT2D eigenvalue weighted by Gasteiger charge is -2.14. The average Bonchev–Trinajstić information content (AvgIpc) is 2.88. The molecule has 1 saturated heterocycles. The molecule has 0 atom stereocenters. The highest BCUT2D eigenvalue weighted by Crippen LogP contribution is 2.32. The van der Waals surface area contributed by atoms with Crippen molar-refractivity contribution in [2.24, 2.45) is 0 Å². The fraction of sp³-hybridized carbons (Fsp3) is 0.158. The van der Waals surface area contributed by atoms with Gasteiger partial charge in [-0.15, -0.1) is 0 Å². The van der Waals surface area contributed by atoms with Crippen molar-refractivity contribution in [2.75, 3.05) is 19.1 Å². The minimum absolute atomic E-state index is 0.142. The van der Waals surface area contributed by atoms with Crippen LogP contribution in [0.4, 0.5) is 10.5 Å². The lowest BCUT2D eigenvalue weighted by molar-refractivity contribution is -0.122. The number of nitrogens with one attached hydrogen (secondary N) is 1. The number of amides is 2. The highest BCUT2D eigenvalue weighted by molar-refractivity contribution is 8.18. The first-order valence-electron chi connectivity index (χ1n) is 7.77. The van der Waals surface area contributed by atoms with E-state index >= 15 is 0 Å². The van der Waals surface area contributed by atoms with Gasteiger partial charge in [-0.25, -0.2) is 0 Å². The Morgan fingerprint density at radius 2 is 1.92 bits per heavy atom. The molecule has 0 spiro atoms. The number of ether oxygens (including phenoxy) is 1. The van der Waals surface area contributed by atoms with Crippen molar-refractivity contribution in [3.05, 3.63) is 64.6 Å². The van der Waals surface area contributed by atoms with E-state index in [1.165, 1.54) is 4.90 Å². The number of benzene rings is 2. The van der Waals surface area contributed by atoms with E-state index in [4.69, 9.17) is 4.74 Å². The second-order valence-electron chi connectivity index (χ2n) is 5.59. The molecule has 1 N–H and O–H groups in total. The summed E-state index contributed by atoms with van der Waals surface area (Å²) in [6.07, 6.45) is 1.71. The molecule has 1 aliphatic heterocycles. The van der Waals surface area contributed by atoms with Crippen LogP contribution in [-0.2, 0) is 4.79 Å². The molecule has 2 aromatic carbocycles. The quantitative estimate of drug-likeness (QED) is 0.819. The highest BCUT2D eigenvalue weighted by atomic mass is 32.2. The van der Waals surface area contributed by atoms with Crippen molar-refractivity contribution in [1.82, 2.24) is 4.90 Å². The Bertz CT molecular complexity index is 831. The molecule has 1 heterocycles. The van der Waals surface area contributed by atoms with Crippen molar-refractivity contribution in [3.63, 3.8) is 0 Å². The van der Waals surface area contributed by atoms with Crippen LogP contribution >= 0.6 is 11.8 Å². The Kier molecular flexibility index (Phi) is 5.09. The zero-order chi connectivity index (χ0) is 17.8. The molecule has 2 amide bonds. The molecule has 1 aliphatic rings. The SMILES string of the molecule is COc1cccc(/C=C2\SC(=O)N(CNc3ccc(C)cc3)C2=O)c1. The second kappa shape index (κ2) is 7.44. The molecule has 6 heteroatoms. The van der Waals surface area contributed by atoms with E-state index in [2.05, 4.69) is 5.32 Å². The number of hydrogen-bond donors (Lipinski definition) is 1. The minimum atomic E-state index is -0.294. The van der Waals surface area contributed by atoms with Crippen molar-refractivity contribution >= 4 is 34.7 Å². The number of thioether (sulfide) groups is 1. The van der Waals surface area contributed by atoms with Gasteiger partial charge in [-0.3, -0.25) is 14.5 Å². The Labute approximate surface area is 150 Å². The largest absolute Gasteiger partial charge is 0.497 e. The Morgan fingerprint density at radius 3 is 2.64 bits per heavy atom. The molecule has 0 aliphatic carbocycles. The number of carbonyl (C=O) groups is 2. The third-order valence-corrected chi connectivity index (χ3v) is 4.67. The van der Waals surface area contributed by atoms with Crippen LogP contribution in [0.15, 0.2) is 53.4 Å². The van der Waals surface area contributed by atoms with Gasteiger partial charge in [0.1, 0.15) is 5.75 Å². The van der Waals surface area contributed by atoms with Gasteiger partial charge in [0.2, 0.25) is 0 Å². The van der Waals surface area contributed by atoms with Crippen molar-refractivity contribution in [3.8, 4) is 5.75 Å². The van der Waals surface area contributed by atoms with Gasteiger partial charge >= 0.3 is 0 Å². The second-order valence-corrected chi connectivity index (χ2v) is 6.58. The molecule has 0 unspecified atom stereocenters. The molecule has 3 rings (SSSR count). The van der Waals surface area contributed by atoms with Gasteiger partial charge in [0.15, 0.2) is 0 Å². The first-order valence-corrected chi connectivity index (χ1v) is 8.58. The number of carbonyl (C=O) groups excluding carboxylic acids is 2. The number of rotatable bonds is 5. The maximum absolute atomic E-state index is 12.5. The molecule has 2 aromatic rings. The Balaban J connectivity index is 1.71. The van der Waals surface area contributed by atoms with Crippen LogP contribution in [0.1, 0.15) is 11.1 Å². The maximum atomic E-state index is 12.5. The predicted octanol–water partition coefficient (Wildman–Crippen LogP) is 4.11. The van der Waals surface area contributed by atoms with Gasteiger partial charge in [-0.2, -0.15) is 0 Å². The van der Waals surface area contributed by atoms with E-state index in [1.807, 2.05) is 55.5 Å². The van der Waals surface area contributed by atoms with Gasteiger partial charge in [-0.1, -0.05) is 29.8 Å². The fourth-order valence-electron chi connectivity index (χ4n) is 2.36. The maximum Gasteiger partial charge on any atom is 0.295 e. The third kappa shape index (κ3) is 4.03. The van der Waals surface area contributed by atoms with E-state index in [1.54, 1.807) is 13.2 Å². The van der Waals surface area contributed by atoms with E-state index in [0.717, 1.165) is 28.6 Å². The van der Waals surface area contributed by atoms with Crippen LogP contribution in [0.2, 0.25) is 0 Å². The smallest absolute Gasteiger partial charge is 0.295 e. The number of imide groups is 1. The number of nitrogens with zero attached hydrogens (tertiary/aromatic N) is 1. The van der Waals surface area contributed by atoms with Gasteiger partial charge in [0.25, 0.3) is 11.1 Å². The Hall–Kier alpha value is -2.73. The highest BCUT2D eigenvalue weighted by Gasteiger charge is 2.34. The molecular formula is C19H18N2O3S. The number of anilines is 1. The first-order chi connectivity index (χ1) is 12.1. The summed E-state index contributed by atoms with van der Waals surface area (Å²) in [7, 11) is 1.59. The minimum Gasteiger partial charge on any atom is -0.497 e. The summed E-state index contributed by atoms with van der Waals surface area (Å²) in [6.45, 7) is 2.15. The van der Waals surface area contributed by atoms with Gasteiger partial charge in [0.05, 0.1) is 18.7 Å². The number of hydrogen-bond acceptors (Lipinski definition) is 5. The summed E-state index contributed by atoms with van der Waals surface area (Å²) >= 11 is 0.945. The summed E-state index contributed by atoms with van der Waals surface area (Å²) in [5.74, 6) is 0.409. The van der Waals surface area contributed by atoms with Crippen molar-refractivity contribution < 1.29 is 14.3 Å². The zero-order valence-corrected chi connectivity index (χ0v) is 14.8. The first kappa shape index (κ1) is 17.1. The summed E-state index contributed by atoms with van der Waals surface area (Å²) < 4.78 is 5.18. The average molecular weight is 354 g/mol. The van der Waals surface area contributed by atoms with E-state index in [-0.39, 0.29) is 17.8 Å². The van der Waals surface area contributed by atoms with Gasteiger partial charge in [-0.05, 0) is 54.6 Å². The lowest BCUT2D eigenvalue weighted by Crippen LogP contribution is -2.33. The van der Waals surface area contributed by atoms with Crippen molar-refractivity contribution in [1.29, 1.82) is 0 Å². The van der Waals surface area contributed by atoms with E-state index in [9.17, 15) is 9.59 Å². The zero-order valence-electron chi connectivity index (χ0n) is 14.0. The van der Waals surface area contributed by atoms with E-state index in [0.29, 0.717) is 10.7 Å². The molecule has 25 heavy (non-hydrogen) atoms. The molecular weight excluding hydrogens is 336 g/mol. The standard InChI is InChI=1S/C19H18N2O3S/c1-13-6-8-15(9-7-13)20-12-21-18(22)17(25-19(21)23)11-14-4-3-5-16(10-14)24-2/h3-11,20H,12H2,1-2H3/b17-11-. The van der Waals surface area contributed by atoms with Gasteiger partial charge in [0, 0.05) is 5.69 Å². The van der Waals surface area contributed by atoms with Crippen LogP contribution in [-0.4, -0.2) is 29.8 Å². The molecule has 1 fully saturated rings. The molecule has 0 radical (unpaired) electrons. The summed E-state index contributed by atoms with van der Waals surface area (Å²) in [4.78, 5) is 26.3. The molecule has 5 nitrogen and oxygen atoms in total. The molecule has 0 saturated carbocycles. The van der Waals surface area contributed by atoms with Crippen LogP contribution in [0.5, 0.6) is 5.75 Å². The summed E-state index contributed by atoms with van der Waals surface area (Å²) in [6, 6.07) is 15.1. The normalized spacial score (nSPS) is 15.8. The monoisotopic (exact) mass is 354 g/mol. The summed E-state index contributed by atoms with van der Waals surface area (Å²) in [5, 5.41) is 2.82. The van der Waals surface area contributed by atoms with Crippen LogP contribution < -0.4 is 10.1 Å². The molecule has 0 aromatic heterocycles. The van der Waals surface area contributed by atoms with E-state index < -0.39 is 0 Å².